The van der Waals surface area contributed by atoms with Crippen molar-refractivity contribution >= 4 is 23.3 Å². The molecule has 0 saturated carbocycles. The van der Waals surface area contributed by atoms with Crippen molar-refractivity contribution in [3.63, 3.8) is 0 Å². The molecule has 0 aliphatic carbocycles. The third kappa shape index (κ3) is 4.40. The molecule has 31 heavy (non-hydrogen) atoms. The molecule has 2 N–H and O–H groups in total. The lowest BCUT2D eigenvalue weighted by atomic mass is 10.1. The second-order valence-corrected chi connectivity index (χ2v) is 7.59. The van der Waals surface area contributed by atoms with Crippen LogP contribution in [0.15, 0.2) is 60.8 Å². The lowest BCUT2D eigenvalue weighted by Crippen LogP contribution is -2.35. The van der Waals surface area contributed by atoms with E-state index in [0.29, 0.717) is 30.9 Å². The van der Waals surface area contributed by atoms with Crippen LogP contribution in [-0.4, -0.2) is 52.7 Å². The van der Waals surface area contributed by atoms with E-state index in [9.17, 15) is 9.59 Å². The fourth-order valence-electron chi connectivity index (χ4n) is 3.81. The maximum absolute atomic E-state index is 13.0. The molecule has 1 aliphatic heterocycles. The summed E-state index contributed by atoms with van der Waals surface area (Å²) in [5.74, 6) is 0.723. The fourth-order valence-corrected chi connectivity index (χ4v) is 3.81. The Bertz CT molecular complexity index is 1110. The predicted molar refractivity (Wildman–Crippen MR) is 120 cm³/mol. The van der Waals surface area contributed by atoms with Crippen LogP contribution in [0.2, 0.25) is 0 Å². The van der Waals surface area contributed by atoms with Crippen LogP contribution in [-0.2, 0) is 0 Å². The van der Waals surface area contributed by atoms with Crippen LogP contribution in [0.3, 0.4) is 0 Å². The Morgan fingerprint density at radius 3 is 2.52 bits per heavy atom. The number of benzene rings is 1. The van der Waals surface area contributed by atoms with Gasteiger partial charge in [0.1, 0.15) is 17.3 Å². The van der Waals surface area contributed by atoms with Gasteiger partial charge in [-0.05, 0) is 49.2 Å². The molecule has 3 heterocycles. The second kappa shape index (κ2) is 8.95. The zero-order chi connectivity index (χ0) is 21.8. The molecule has 0 bridgehead atoms. The van der Waals surface area contributed by atoms with Crippen molar-refractivity contribution in [3.8, 4) is 0 Å². The maximum atomic E-state index is 13.0. The van der Waals surface area contributed by atoms with Crippen molar-refractivity contribution in [2.24, 2.45) is 0 Å². The van der Waals surface area contributed by atoms with Crippen LogP contribution in [0, 0.1) is 6.92 Å². The molecule has 158 valence electrons. The van der Waals surface area contributed by atoms with Crippen molar-refractivity contribution in [3.05, 3.63) is 83.2 Å². The molecule has 2 aromatic heterocycles. The molecule has 1 saturated heterocycles. The number of nitrogens with zero attached hydrogens (tertiary/aromatic N) is 4. The Morgan fingerprint density at radius 2 is 1.71 bits per heavy atom. The maximum Gasteiger partial charge on any atom is 0.254 e. The van der Waals surface area contributed by atoms with Crippen molar-refractivity contribution in [1.82, 2.24) is 14.9 Å². The van der Waals surface area contributed by atoms with Gasteiger partial charge >= 0.3 is 0 Å². The van der Waals surface area contributed by atoms with E-state index in [1.165, 1.54) is 0 Å². The number of nitrogen functional groups attached to an aromatic ring is 1. The van der Waals surface area contributed by atoms with Crippen LogP contribution in [0.4, 0.5) is 11.6 Å². The normalized spacial score (nSPS) is 14.2. The Balaban J connectivity index is 1.49. The quantitative estimate of drug-likeness (QED) is 0.659. The van der Waals surface area contributed by atoms with Gasteiger partial charge in [0.05, 0.1) is 5.56 Å². The monoisotopic (exact) mass is 415 g/mol. The van der Waals surface area contributed by atoms with Crippen molar-refractivity contribution in [2.45, 2.75) is 13.3 Å². The summed E-state index contributed by atoms with van der Waals surface area (Å²) in [6, 6.07) is 16.4. The van der Waals surface area contributed by atoms with E-state index >= 15 is 0 Å². The number of hydrogen-bond acceptors (Lipinski definition) is 6. The minimum Gasteiger partial charge on any atom is -0.383 e. The van der Waals surface area contributed by atoms with Gasteiger partial charge in [-0.25, -0.2) is 9.97 Å². The first-order chi connectivity index (χ1) is 15.0. The van der Waals surface area contributed by atoms with E-state index in [2.05, 4.69) is 14.9 Å². The first-order valence-corrected chi connectivity index (χ1v) is 10.4. The Hall–Kier alpha value is -3.74. The van der Waals surface area contributed by atoms with Gasteiger partial charge in [0.15, 0.2) is 0 Å². The highest BCUT2D eigenvalue weighted by molar-refractivity contribution is 6.10. The molecule has 7 heteroatoms. The third-order valence-corrected chi connectivity index (χ3v) is 5.53. The molecule has 0 unspecified atom stereocenters. The van der Waals surface area contributed by atoms with Crippen LogP contribution in [0.25, 0.3) is 0 Å². The summed E-state index contributed by atoms with van der Waals surface area (Å²) >= 11 is 0. The number of aromatic nitrogens is 2. The van der Waals surface area contributed by atoms with Crippen molar-refractivity contribution in [1.29, 1.82) is 0 Å². The summed E-state index contributed by atoms with van der Waals surface area (Å²) in [6.07, 6.45) is 2.38. The van der Waals surface area contributed by atoms with Gasteiger partial charge in [0.2, 0.25) is 5.78 Å². The van der Waals surface area contributed by atoms with Crippen molar-refractivity contribution < 1.29 is 9.59 Å². The number of ketones is 1. The van der Waals surface area contributed by atoms with Gasteiger partial charge in [-0.3, -0.25) is 9.59 Å². The average Bonchev–Trinajstić information content (AvgIpc) is 3.05. The van der Waals surface area contributed by atoms with Crippen LogP contribution < -0.4 is 10.6 Å². The highest BCUT2D eigenvalue weighted by atomic mass is 16.2. The number of rotatable bonds is 4. The number of aryl methyl sites for hydroxylation is 1. The summed E-state index contributed by atoms with van der Waals surface area (Å²) in [6.45, 7) is 4.66. The van der Waals surface area contributed by atoms with E-state index in [1.54, 1.807) is 24.4 Å². The SMILES string of the molecule is Cc1ccccc1C(=O)N1CCCN(c2cccc(C(=O)c3cccnc3N)n2)CC1. The highest BCUT2D eigenvalue weighted by Gasteiger charge is 2.23. The van der Waals surface area contributed by atoms with Gasteiger partial charge in [-0.15, -0.1) is 0 Å². The van der Waals surface area contributed by atoms with E-state index in [4.69, 9.17) is 5.73 Å². The predicted octanol–water partition coefficient (Wildman–Crippen LogP) is 2.95. The topological polar surface area (TPSA) is 92.4 Å². The van der Waals surface area contributed by atoms with Crippen LogP contribution in [0.1, 0.15) is 38.4 Å². The standard InChI is InChI=1S/C24H25N5O2/c1-17-7-2-3-8-18(17)24(31)29-14-6-13-28(15-16-29)21-11-4-10-20(27-21)22(30)19-9-5-12-26-23(19)25/h2-5,7-12H,6,13-16H2,1H3,(H2,25,26). The molecular weight excluding hydrogens is 390 g/mol. The first-order valence-electron chi connectivity index (χ1n) is 10.4. The molecular formula is C24H25N5O2. The van der Waals surface area contributed by atoms with E-state index in [0.717, 1.165) is 29.9 Å². The molecule has 1 aromatic carbocycles. The number of carbonyl (C=O) groups excluding carboxylic acids is 2. The molecule has 4 rings (SSSR count). The lowest BCUT2D eigenvalue weighted by molar-refractivity contribution is 0.0766. The summed E-state index contributed by atoms with van der Waals surface area (Å²) in [5.41, 5.74) is 8.26. The number of amides is 1. The summed E-state index contributed by atoms with van der Waals surface area (Å²) in [5, 5.41) is 0. The number of carbonyl (C=O) groups is 2. The minimum atomic E-state index is -0.251. The van der Waals surface area contributed by atoms with Crippen molar-refractivity contribution in [2.75, 3.05) is 36.8 Å². The van der Waals surface area contributed by atoms with E-state index in [-0.39, 0.29) is 17.5 Å². The zero-order valence-electron chi connectivity index (χ0n) is 17.5. The lowest BCUT2D eigenvalue weighted by Gasteiger charge is -2.23. The molecule has 0 spiro atoms. The highest BCUT2D eigenvalue weighted by Crippen LogP contribution is 2.19. The molecule has 0 radical (unpaired) electrons. The van der Waals surface area contributed by atoms with Gasteiger partial charge in [0, 0.05) is 37.9 Å². The average molecular weight is 415 g/mol. The first kappa shape index (κ1) is 20.5. The Labute approximate surface area is 181 Å². The number of anilines is 2. The Kier molecular flexibility index (Phi) is 5.93. The van der Waals surface area contributed by atoms with Gasteiger partial charge in [-0.1, -0.05) is 24.3 Å². The number of hydrogen-bond donors (Lipinski definition) is 1. The number of pyridine rings is 2. The number of nitrogens with two attached hydrogens (primary N) is 1. The molecule has 1 fully saturated rings. The van der Waals surface area contributed by atoms with Crippen LogP contribution in [0.5, 0.6) is 0 Å². The summed E-state index contributed by atoms with van der Waals surface area (Å²) < 4.78 is 0. The van der Waals surface area contributed by atoms with E-state index in [1.807, 2.05) is 48.2 Å². The smallest absolute Gasteiger partial charge is 0.254 e. The second-order valence-electron chi connectivity index (χ2n) is 7.59. The molecule has 3 aromatic rings. The molecule has 0 atom stereocenters. The van der Waals surface area contributed by atoms with Gasteiger partial charge in [-0.2, -0.15) is 0 Å². The van der Waals surface area contributed by atoms with E-state index < -0.39 is 0 Å². The summed E-state index contributed by atoms with van der Waals surface area (Å²) in [4.78, 5) is 38.4. The van der Waals surface area contributed by atoms with Gasteiger partial charge < -0.3 is 15.5 Å². The fraction of sp³-hybridized carbons (Fsp3) is 0.250. The molecule has 7 nitrogen and oxygen atoms in total. The van der Waals surface area contributed by atoms with Crippen LogP contribution >= 0.6 is 0 Å². The molecule has 1 amide bonds. The van der Waals surface area contributed by atoms with Gasteiger partial charge in [0.25, 0.3) is 5.91 Å². The largest absolute Gasteiger partial charge is 0.383 e. The minimum absolute atomic E-state index is 0.0592. The zero-order valence-corrected chi connectivity index (χ0v) is 17.5. The third-order valence-electron chi connectivity index (χ3n) is 5.53. The Morgan fingerprint density at radius 1 is 0.903 bits per heavy atom. The molecule has 1 aliphatic rings. The summed E-state index contributed by atoms with van der Waals surface area (Å²) in [7, 11) is 0.